The van der Waals surface area contributed by atoms with Gasteiger partial charge in [0.2, 0.25) is 0 Å². The van der Waals surface area contributed by atoms with Crippen LogP contribution in [0.2, 0.25) is 0 Å². The Labute approximate surface area is 106 Å². The van der Waals surface area contributed by atoms with Crippen LogP contribution in [0.5, 0.6) is 5.75 Å². The van der Waals surface area contributed by atoms with Crippen molar-refractivity contribution in [1.82, 2.24) is 9.97 Å². The highest BCUT2D eigenvalue weighted by Gasteiger charge is 1.88. The van der Waals surface area contributed by atoms with E-state index in [9.17, 15) is 0 Å². The van der Waals surface area contributed by atoms with Crippen LogP contribution < -0.4 is 0 Å². The number of nitrogens with zero attached hydrogens (tertiary/aromatic N) is 2. The molecule has 3 aromatic rings. The second-order valence-corrected chi connectivity index (χ2v) is 3.87. The van der Waals surface area contributed by atoms with Crippen molar-refractivity contribution in [1.29, 1.82) is 0 Å². The molecule has 1 heterocycles. The van der Waals surface area contributed by atoms with Gasteiger partial charge in [-0.1, -0.05) is 36.4 Å². The van der Waals surface area contributed by atoms with Crippen LogP contribution in [0.4, 0.5) is 0 Å². The molecule has 3 heteroatoms. The Hall–Kier alpha value is -2.42. The number of hydrogen-bond acceptors (Lipinski definition) is 3. The van der Waals surface area contributed by atoms with E-state index in [-0.39, 0.29) is 0 Å². The van der Waals surface area contributed by atoms with Crippen molar-refractivity contribution in [3.63, 3.8) is 0 Å². The topological polar surface area (TPSA) is 46.0 Å². The number of aryl methyl sites for hydroxylation is 1. The fraction of sp³-hybridized carbons (Fsp3) is 0.0667. The normalized spacial score (nSPS) is 9.61. The van der Waals surface area contributed by atoms with Crippen LogP contribution in [0, 0.1) is 6.92 Å². The maximum Gasteiger partial charge on any atom is 0.118 e. The number of phenols is 1. The van der Waals surface area contributed by atoms with Crippen molar-refractivity contribution in [2.75, 3.05) is 0 Å². The van der Waals surface area contributed by atoms with E-state index in [1.54, 1.807) is 12.4 Å². The van der Waals surface area contributed by atoms with E-state index in [0.717, 1.165) is 16.5 Å². The van der Waals surface area contributed by atoms with Crippen molar-refractivity contribution in [3.05, 3.63) is 66.6 Å². The molecule has 2 aromatic carbocycles. The van der Waals surface area contributed by atoms with Gasteiger partial charge < -0.3 is 5.11 Å². The second-order valence-electron chi connectivity index (χ2n) is 3.87. The van der Waals surface area contributed by atoms with Crippen molar-refractivity contribution in [2.45, 2.75) is 6.92 Å². The zero-order valence-electron chi connectivity index (χ0n) is 10.1. The van der Waals surface area contributed by atoms with E-state index in [1.807, 2.05) is 55.6 Å². The molecule has 3 nitrogen and oxygen atoms in total. The molecule has 0 aliphatic rings. The van der Waals surface area contributed by atoms with Crippen LogP contribution in [0.15, 0.2) is 61.1 Å². The first-order valence-electron chi connectivity index (χ1n) is 5.67. The van der Waals surface area contributed by atoms with Gasteiger partial charge >= 0.3 is 0 Å². The van der Waals surface area contributed by atoms with Crippen molar-refractivity contribution in [2.24, 2.45) is 0 Å². The largest absolute Gasteiger partial charge is 0.508 e. The molecule has 0 unspecified atom stereocenters. The molecule has 3 rings (SSSR count). The van der Waals surface area contributed by atoms with Crippen LogP contribution in [0.25, 0.3) is 10.9 Å². The zero-order chi connectivity index (χ0) is 12.8. The highest BCUT2D eigenvalue weighted by atomic mass is 16.3. The first-order chi connectivity index (χ1) is 8.77. The predicted molar refractivity (Wildman–Crippen MR) is 72.4 cm³/mol. The molecule has 0 amide bonds. The molecule has 0 aliphatic heterocycles. The highest BCUT2D eigenvalue weighted by Crippen LogP contribution is 2.12. The molecule has 1 N–H and O–H groups in total. The molecule has 18 heavy (non-hydrogen) atoms. The third-order valence-electron chi connectivity index (χ3n) is 2.53. The quantitative estimate of drug-likeness (QED) is 0.653. The summed E-state index contributed by atoms with van der Waals surface area (Å²) in [5.41, 5.74) is 1.92. The van der Waals surface area contributed by atoms with E-state index in [4.69, 9.17) is 5.11 Å². The summed E-state index contributed by atoms with van der Waals surface area (Å²) in [6.07, 6.45) is 3.37. The molecule has 0 bridgehead atoms. The summed E-state index contributed by atoms with van der Waals surface area (Å²) >= 11 is 0. The maximum absolute atomic E-state index is 8.92. The molecular formula is C15H14N2O. The average Bonchev–Trinajstić information content (AvgIpc) is 2.43. The van der Waals surface area contributed by atoms with Crippen molar-refractivity contribution >= 4 is 10.9 Å². The van der Waals surface area contributed by atoms with Crippen LogP contribution >= 0.6 is 0 Å². The van der Waals surface area contributed by atoms with E-state index < -0.39 is 0 Å². The van der Waals surface area contributed by atoms with E-state index in [2.05, 4.69) is 9.97 Å². The maximum atomic E-state index is 8.92. The van der Waals surface area contributed by atoms with E-state index >= 15 is 0 Å². The van der Waals surface area contributed by atoms with Gasteiger partial charge in [0, 0.05) is 11.6 Å². The first-order valence-corrected chi connectivity index (χ1v) is 5.67. The number of para-hydroxylation sites is 2. The molecular weight excluding hydrogens is 224 g/mol. The molecule has 0 fully saturated rings. The third-order valence-corrected chi connectivity index (χ3v) is 2.53. The standard InChI is InChI=1S/C8H6N2.C7H8O/c1-2-4-8-7(3-1)5-9-6-10-8;1-6-4-2-3-5-7(6)8/h1-6H;2-5,8H,1H3. The summed E-state index contributed by atoms with van der Waals surface area (Å²) in [6, 6.07) is 15.2. The minimum absolute atomic E-state index is 0.368. The molecule has 90 valence electrons. The Morgan fingerprint density at radius 2 is 1.67 bits per heavy atom. The molecule has 1 aromatic heterocycles. The third kappa shape index (κ3) is 3.04. The second kappa shape index (κ2) is 5.77. The smallest absolute Gasteiger partial charge is 0.118 e. The minimum atomic E-state index is 0.368. The number of rotatable bonds is 0. The van der Waals surface area contributed by atoms with Crippen LogP contribution in [-0.2, 0) is 0 Å². The summed E-state index contributed by atoms with van der Waals surface area (Å²) in [5, 5.41) is 10.0. The Morgan fingerprint density at radius 1 is 0.944 bits per heavy atom. The molecule has 0 saturated heterocycles. The fourth-order valence-electron chi connectivity index (χ4n) is 1.49. The lowest BCUT2D eigenvalue weighted by molar-refractivity contribution is 0.471. The van der Waals surface area contributed by atoms with Gasteiger partial charge in [-0.2, -0.15) is 0 Å². The molecule has 0 atom stereocenters. The van der Waals surface area contributed by atoms with Crippen LogP contribution in [0.1, 0.15) is 5.56 Å². The van der Waals surface area contributed by atoms with Crippen molar-refractivity contribution in [3.8, 4) is 5.75 Å². The summed E-state index contributed by atoms with van der Waals surface area (Å²) in [4.78, 5) is 7.97. The van der Waals surface area contributed by atoms with Gasteiger partial charge in [-0.3, -0.25) is 0 Å². The van der Waals surface area contributed by atoms with E-state index in [0.29, 0.717) is 5.75 Å². The van der Waals surface area contributed by atoms with E-state index in [1.165, 1.54) is 0 Å². The Morgan fingerprint density at radius 3 is 2.33 bits per heavy atom. The van der Waals surface area contributed by atoms with Gasteiger partial charge in [0.05, 0.1) is 5.52 Å². The van der Waals surface area contributed by atoms with Gasteiger partial charge in [0.1, 0.15) is 12.1 Å². The molecule has 0 spiro atoms. The lowest BCUT2D eigenvalue weighted by Gasteiger charge is -1.92. The summed E-state index contributed by atoms with van der Waals surface area (Å²) in [6.45, 7) is 1.87. The summed E-state index contributed by atoms with van der Waals surface area (Å²) in [7, 11) is 0. The number of hydrogen-bond donors (Lipinski definition) is 1. The van der Waals surface area contributed by atoms with Crippen LogP contribution in [-0.4, -0.2) is 15.1 Å². The number of phenolic OH excluding ortho intramolecular Hbond substituents is 1. The predicted octanol–water partition coefficient (Wildman–Crippen LogP) is 3.33. The lowest BCUT2D eigenvalue weighted by atomic mass is 10.2. The molecule has 0 saturated carbocycles. The molecule has 0 radical (unpaired) electrons. The minimum Gasteiger partial charge on any atom is -0.508 e. The Balaban J connectivity index is 0.000000138. The van der Waals surface area contributed by atoms with Crippen molar-refractivity contribution < 1.29 is 5.11 Å². The Bertz CT molecular complexity index is 551. The van der Waals surface area contributed by atoms with Gasteiger partial charge in [-0.15, -0.1) is 0 Å². The summed E-state index contributed by atoms with van der Waals surface area (Å²) < 4.78 is 0. The monoisotopic (exact) mass is 238 g/mol. The Kier molecular flexibility index (Phi) is 3.86. The first kappa shape index (κ1) is 12.0. The number of aromatic hydroxyl groups is 1. The van der Waals surface area contributed by atoms with Gasteiger partial charge in [0.15, 0.2) is 0 Å². The number of benzene rings is 2. The van der Waals surface area contributed by atoms with Gasteiger partial charge in [-0.25, -0.2) is 9.97 Å². The van der Waals surface area contributed by atoms with Crippen LogP contribution in [0.3, 0.4) is 0 Å². The highest BCUT2D eigenvalue weighted by molar-refractivity contribution is 5.76. The average molecular weight is 238 g/mol. The molecule has 0 aliphatic carbocycles. The zero-order valence-corrected chi connectivity index (χ0v) is 10.1. The summed E-state index contributed by atoms with van der Waals surface area (Å²) in [5.74, 6) is 0.368. The fourth-order valence-corrected chi connectivity index (χ4v) is 1.49. The number of fused-ring (bicyclic) bond motifs is 1. The van der Waals surface area contributed by atoms with Gasteiger partial charge in [-0.05, 0) is 24.6 Å². The lowest BCUT2D eigenvalue weighted by Crippen LogP contribution is -1.77. The van der Waals surface area contributed by atoms with Gasteiger partial charge in [0.25, 0.3) is 0 Å². The number of aromatic nitrogens is 2. The SMILES string of the molecule is Cc1ccccc1O.c1ccc2ncncc2c1.